The summed E-state index contributed by atoms with van der Waals surface area (Å²) in [5, 5.41) is 3.40. The first-order chi connectivity index (χ1) is 7.31. The van der Waals surface area contributed by atoms with Crippen LogP contribution in [0.4, 0.5) is 0 Å². The first-order valence-electron chi connectivity index (χ1n) is 5.72. The van der Waals surface area contributed by atoms with Gasteiger partial charge in [-0.25, -0.2) is 0 Å². The quantitative estimate of drug-likeness (QED) is 0.441. The summed E-state index contributed by atoms with van der Waals surface area (Å²) in [6.45, 7) is 6.28. The summed E-state index contributed by atoms with van der Waals surface area (Å²) < 4.78 is 10.4. The molecule has 0 aromatic heterocycles. The van der Waals surface area contributed by atoms with Crippen LogP contribution >= 0.6 is 11.6 Å². The van der Waals surface area contributed by atoms with Crippen molar-refractivity contribution in [1.82, 2.24) is 5.32 Å². The summed E-state index contributed by atoms with van der Waals surface area (Å²) >= 11 is 5.97. The molecule has 0 radical (unpaired) electrons. The Morgan fingerprint density at radius 1 is 1.27 bits per heavy atom. The molecule has 0 fully saturated rings. The van der Waals surface area contributed by atoms with Crippen LogP contribution in [-0.2, 0) is 9.47 Å². The molecule has 92 valence electrons. The molecule has 0 aliphatic carbocycles. The fourth-order valence-electron chi connectivity index (χ4n) is 1.14. The normalized spacial score (nSPS) is 13.0. The van der Waals surface area contributed by atoms with E-state index < -0.39 is 0 Å². The van der Waals surface area contributed by atoms with Crippen LogP contribution in [0.1, 0.15) is 26.2 Å². The van der Waals surface area contributed by atoms with Crippen molar-refractivity contribution in [2.45, 2.75) is 31.6 Å². The van der Waals surface area contributed by atoms with Crippen molar-refractivity contribution in [1.29, 1.82) is 0 Å². The lowest BCUT2D eigenvalue weighted by molar-refractivity contribution is 0.133. The molecular weight excluding hydrogens is 214 g/mol. The van der Waals surface area contributed by atoms with Crippen LogP contribution in [-0.4, -0.2) is 45.4 Å². The zero-order chi connectivity index (χ0) is 11.4. The van der Waals surface area contributed by atoms with E-state index in [4.69, 9.17) is 21.1 Å². The molecule has 0 aliphatic heterocycles. The molecule has 15 heavy (non-hydrogen) atoms. The molecule has 0 amide bonds. The van der Waals surface area contributed by atoms with E-state index >= 15 is 0 Å². The van der Waals surface area contributed by atoms with Gasteiger partial charge in [0, 0.05) is 20.3 Å². The Morgan fingerprint density at radius 2 is 2.07 bits per heavy atom. The molecule has 0 aromatic rings. The zero-order valence-corrected chi connectivity index (χ0v) is 10.7. The smallest absolute Gasteiger partial charge is 0.0626 e. The van der Waals surface area contributed by atoms with Crippen LogP contribution in [0.3, 0.4) is 0 Å². The Hall–Kier alpha value is 0.170. The lowest BCUT2D eigenvalue weighted by atomic mass is 10.3. The molecule has 1 unspecified atom stereocenters. The first-order valence-corrected chi connectivity index (χ1v) is 6.16. The summed E-state index contributed by atoms with van der Waals surface area (Å²) in [6, 6.07) is 0. The van der Waals surface area contributed by atoms with Crippen LogP contribution < -0.4 is 5.32 Å². The minimum absolute atomic E-state index is 0.114. The average Bonchev–Trinajstić information content (AvgIpc) is 2.22. The molecular formula is C11H24ClNO2. The second-order valence-corrected chi connectivity index (χ2v) is 4.17. The second-order valence-electron chi connectivity index (χ2n) is 3.56. The number of alkyl halides is 1. The van der Waals surface area contributed by atoms with Gasteiger partial charge in [0.1, 0.15) is 0 Å². The largest absolute Gasteiger partial charge is 0.383 e. The predicted molar refractivity (Wildman–Crippen MR) is 64.7 cm³/mol. The zero-order valence-electron chi connectivity index (χ0n) is 9.93. The van der Waals surface area contributed by atoms with E-state index in [0.717, 1.165) is 39.1 Å². The predicted octanol–water partition coefficient (Wildman–Crippen LogP) is 2.04. The topological polar surface area (TPSA) is 30.5 Å². The van der Waals surface area contributed by atoms with E-state index in [-0.39, 0.29) is 5.38 Å². The standard InChI is InChI=1S/C11H24ClNO2/c1-3-4-8-15-9-7-13-6-5-11(12)10-14-2/h11,13H,3-10H2,1-2H3. The van der Waals surface area contributed by atoms with Gasteiger partial charge in [-0.3, -0.25) is 0 Å². The fourth-order valence-corrected chi connectivity index (χ4v) is 1.38. The maximum atomic E-state index is 5.97. The molecule has 0 saturated heterocycles. The van der Waals surface area contributed by atoms with E-state index in [1.54, 1.807) is 7.11 Å². The molecule has 0 aliphatic rings. The van der Waals surface area contributed by atoms with E-state index in [9.17, 15) is 0 Å². The fraction of sp³-hybridized carbons (Fsp3) is 1.00. The van der Waals surface area contributed by atoms with Crippen molar-refractivity contribution >= 4 is 11.6 Å². The van der Waals surface area contributed by atoms with Crippen molar-refractivity contribution in [2.75, 3.05) is 40.0 Å². The Morgan fingerprint density at radius 3 is 2.73 bits per heavy atom. The first kappa shape index (κ1) is 15.2. The Balaban J connectivity index is 2.98. The van der Waals surface area contributed by atoms with E-state index in [1.807, 2.05) is 0 Å². The van der Waals surface area contributed by atoms with Crippen LogP contribution in [0, 0.1) is 0 Å². The molecule has 3 nitrogen and oxygen atoms in total. The van der Waals surface area contributed by atoms with Crippen LogP contribution in [0.25, 0.3) is 0 Å². The number of ether oxygens (including phenoxy) is 2. The number of unbranched alkanes of at least 4 members (excludes halogenated alkanes) is 1. The molecule has 0 heterocycles. The molecule has 1 N–H and O–H groups in total. The maximum Gasteiger partial charge on any atom is 0.0626 e. The Labute approximate surface area is 98.5 Å². The van der Waals surface area contributed by atoms with E-state index in [2.05, 4.69) is 12.2 Å². The number of rotatable bonds is 11. The summed E-state index contributed by atoms with van der Waals surface area (Å²) in [4.78, 5) is 0. The SMILES string of the molecule is CCCCOCCNCCC(Cl)COC. The number of halogens is 1. The van der Waals surface area contributed by atoms with E-state index in [0.29, 0.717) is 6.61 Å². The number of hydrogen-bond acceptors (Lipinski definition) is 3. The highest BCUT2D eigenvalue weighted by Crippen LogP contribution is 2.00. The highest BCUT2D eigenvalue weighted by Gasteiger charge is 2.02. The van der Waals surface area contributed by atoms with Crippen molar-refractivity contribution in [3.05, 3.63) is 0 Å². The second kappa shape index (κ2) is 12.2. The molecule has 1 atom stereocenters. The Bertz CT molecular complexity index is 125. The minimum Gasteiger partial charge on any atom is -0.383 e. The van der Waals surface area contributed by atoms with Gasteiger partial charge in [0.15, 0.2) is 0 Å². The van der Waals surface area contributed by atoms with Crippen LogP contribution in [0.15, 0.2) is 0 Å². The molecule has 0 saturated carbocycles. The van der Waals surface area contributed by atoms with Crippen molar-refractivity contribution < 1.29 is 9.47 Å². The van der Waals surface area contributed by atoms with Gasteiger partial charge in [-0.15, -0.1) is 11.6 Å². The van der Waals surface area contributed by atoms with Crippen molar-refractivity contribution in [2.24, 2.45) is 0 Å². The number of methoxy groups -OCH3 is 1. The lowest BCUT2D eigenvalue weighted by Gasteiger charge is -2.09. The van der Waals surface area contributed by atoms with Crippen LogP contribution in [0.2, 0.25) is 0 Å². The summed E-state index contributed by atoms with van der Waals surface area (Å²) in [6.07, 6.45) is 3.28. The molecule has 0 bridgehead atoms. The third kappa shape index (κ3) is 12.1. The van der Waals surface area contributed by atoms with E-state index in [1.165, 1.54) is 6.42 Å². The summed E-state index contributed by atoms with van der Waals surface area (Å²) in [7, 11) is 1.67. The third-order valence-electron chi connectivity index (χ3n) is 2.05. The van der Waals surface area contributed by atoms with Gasteiger partial charge < -0.3 is 14.8 Å². The van der Waals surface area contributed by atoms with Gasteiger partial charge in [-0.2, -0.15) is 0 Å². The van der Waals surface area contributed by atoms with Gasteiger partial charge in [-0.1, -0.05) is 13.3 Å². The Kier molecular flexibility index (Phi) is 12.4. The monoisotopic (exact) mass is 237 g/mol. The summed E-state index contributed by atoms with van der Waals surface area (Å²) in [5.74, 6) is 0. The molecule has 0 spiro atoms. The molecule has 4 heteroatoms. The molecule has 0 aromatic carbocycles. The van der Waals surface area contributed by atoms with Crippen molar-refractivity contribution in [3.63, 3.8) is 0 Å². The van der Waals surface area contributed by atoms with Gasteiger partial charge >= 0.3 is 0 Å². The lowest BCUT2D eigenvalue weighted by Crippen LogP contribution is -2.24. The minimum atomic E-state index is 0.114. The van der Waals surface area contributed by atoms with Crippen molar-refractivity contribution in [3.8, 4) is 0 Å². The number of hydrogen-bond donors (Lipinski definition) is 1. The average molecular weight is 238 g/mol. The highest BCUT2D eigenvalue weighted by molar-refractivity contribution is 6.20. The highest BCUT2D eigenvalue weighted by atomic mass is 35.5. The summed E-state index contributed by atoms with van der Waals surface area (Å²) in [5.41, 5.74) is 0. The van der Waals surface area contributed by atoms with Crippen LogP contribution in [0.5, 0.6) is 0 Å². The van der Waals surface area contributed by atoms with Gasteiger partial charge in [0.25, 0.3) is 0 Å². The van der Waals surface area contributed by atoms with Gasteiger partial charge in [-0.05, 0) is 19.4 Å². The van der Waals surface area contributed by atoms with Gasteiger partial charge in [0.05, 0.1) is 18.6 Å². The third-order valence-corrected chi connectivity index (χ3v) is 2.39. The number of nitrogens with one attached hydrogen (secondary N) is 1. The molecule has 0 rings (SSSR count). The maximum absolute atomic E-state index is 5.97. The van der Waals surface area contributed by atoms with Gasteiger partial charge in [0.2, 0.25) is 0 Å².